The highest BCUT2D eigenvalue weighted by Crippen LogP contribution is 2.28. The highest BCUT2D eigenvalue weighted by Gasteiger charge is 2.33. The molecule has 1 saturated heterocycles. The van der Waals surface area contributed by atoms with Gasteiger partial charge in [-0.3, -0.25) is 9.48 Å². The molecule has 2 heterocycles. The fraction of sp³-hybridized carbons (Fsp3) is 0.455. The molecule has 1 fully saturated rings. The summed E-state index contributed by atoms with van der Waals surface area (Å²) in [7, 11) is -0.543. The van der Waals surface area contributed by atoms with Gasteiger partial charge in [-0.25, -0.2) is 8.42 Å². The van der Waals surface area contributed by atoms with E-state index in [-0.39, 0.29) is 23.9 Å². The molecule has 9 nitrogen and oxygen atoms in total. The SMILES string of the molecule is CCn1nc(C)c(S(=O)(=O)N2CCN(C(=O)/C=C/c3ccc(OC)c(OC)c3)CC2)c1C. The van der Waals surface area contributed by atoms with E-state index in [0.29, 0.717) is 42.5 Å². The number of aromatic nitrogens is 2. The zero-order valence-corrected chi connectivity index (χ0v) is 20.0. The quantitative estimate of drug-likeness (QED) is 0.585. The van der Waals surface area contributed by atoms with Crippen LogP contribution in [0.5, 0.6) is 11.5 Å². The number of ether oxygens (including phenoxy) is 2. The number of nitrogens with zero attached hydrogens (tertiary/aromatic N) is 4. The Morgan fingerprint density at radius 3 is 2.31 bits per heavy atom. The second-order valence-electron chi connectivity index (χ2n) is 7.49. The van der Waals surface area contributed by atoms with Crippen LogP contribution in [0.15, 0.2) is 29.2 Å². The molecule has 1 aliphatic heterocycles. The van der Waals surface area contributed by atoms with E-state index in [1.54, 1.807) is 55.9 Å². The smallest absolute Gasteiger partial charge is 0.246 e. The van der Waals surface area contributed by atoms with Crippen LogP contribution in [0.2, 0.25) is 0 Å². The summed E-state index contributed by atoms with van der Waals surface area (Å²) in [6.07, 6.45) is 3.20. The van der Waals surface area contributed by atoms with E-state index in [1.807, 2.05) is 13.0 Å². The van der Waals surface area contributed by atoms with Gasteiger partial charge >= 0.3 is 0 Å². The van der Waals surface area contributed by atoms with Crippen LogP contribution in [0.4, 0.5) is 0 Å². The van der Waals surface area contributed by atoms with Crippen molar-refractivity contribution in [2.24, 2.45) is 0 Å². The molecule has 2 aromatic rings. The Morgan fingerprint density at radius 1 is 1.09 bits per heavy atom. The molecule has 1 amide bonds. The van der Waals surface area contributed by atoms with Crippen LogP contribution in [0, 0.1) is 13.8 Å². The van der Waals surface area contributed by atoms with Crippen molar-refractivity contribution < 1.29 is 22.7 Å². The van der Waals surface area contributed by atoms with Gasteiger partial charge in [-0.15, -0.1) is 0 Å². The summed E-state index contributed by atoms with van der Waals surface area (Å²) >= 11 is 0. The zero-order valence-electron chi connectivity index (χ0n) is 19.2. The molecule has 1 aromatic carbocycles. The molecule has 0 atom stereocenters. The Labute approximate surface area is 189 Å². The number of carbonyl (C=O) groups is 1. The summed E-state index contributed by atoms with van der Waals surface area (Å²) in [6.45, 7) is 7.16. The Balaban J connectivity index is 1.66. The van der Waals surface area contributed by atoms with Crippen molar-refractivity contribution in [1.82, 2.24) is 19.0 Å². The van der Waals surface area contributed by atoms with Crippen molar-refractivity contribution in [3.05, 3.63) is 41.2 Å². The van der Waals surface area contributed by atoms with Crippen LogP contribution in [0.25, 0.3) is 6.08 Å². The molecule has 0 saturated carbocycles. The van der Waals surface area contributed by atoms with Crippen LogP contribution < -0.4 is 9.47 Å². The molecular formula is C22H30N4O5S. The minimum absolute atomic E-state index is 0.164. The van der Waals surface area contributed by atoms with Gasteiger partial charge in [0.1, 0.15) is 4.90 Å². The molecule has 1 aliphatic rings. The number of rotatable bonds is 7. The zero-order chi connectivity index (χ0) is 23.5. The normalized spacial score (nSPS) is 15.3. The summed E-state index contributed by atoms with van der Waals surface area (Å²) in [5.74, 6) is 1.03. The van der Waals surface area contributed by atoms with E-state index >= 15 is 0 Å². The summed E-state index contributed by atoms with van der Waals surface area (Å²) < 4.78 is 40.0. The van der Waals surface area contributed by atoms with Crippen molar-refractivity contribution in [1.29, 1.82) is 0 Å². The highest BCUT2D eigenvalue weighted by molar-refractivity contribution is 7.89. The lowest BCUT2D eigenvalue weighted by atomic mass is 10.2. The second kappa shape index (κ2) is 9.74. The van der Waals surface area contributed by atoms with Gasteiger partial charge < -0.3 is 14.4 Å². The molecule has 0 radical (unpaired) electrons. The van der Waals surface area contributed by atoms with Crippen LogP contribution in [0.3, 0.4) is 0 Å². The second-order valence-corrected chi connectivity index (χ2v) is 9.37. The summed E-state index contributed by atoms with van der Waals surface area (Å²) in [6, 6.07) is 5.39. The first-order chi connectivity index (χ1) is 15.2. The first-order valence-corrected chi connectivity index (χ1v) is 11.9. The summed E-state index contributed by atoms with van der Waals surface area (Å²) in [5.41, 5.74) is 1.94. The summed E-state index contributed by atoms with van der Waals surface area (Å²) in [5, 5.41) is 4.33. The molecule has 0 bridgehead atoms. The average Bonchev–Trinajstić information content (AvgIpc) is 3.10. The van der Waals surface area contributed by atoms with Crippen LogP contribution in [0.1, 0.15) is 23.9 Å². The first kappa shape index (κ1) is 23.8. The molecule has 10 heteroatoms. The van der Waals surface area contributed by atoms with E-state index in [4.69, 9.17) is 9.47 Å². The third-order valence-electron chi connectivity index (χ3n) is 5.59. The van der Waals surface area contributed by atoms with Crippen LogP contribution in [-0.2, 0) is 21.4 Å². The topological polar surface area (TPSA) is 94.0 Å². The maximum Gasteiger partial charge on any atom is 0.246 e. The highest BCUT2D eigenvalue weighted by atomic mass is 32.2. The minimum atomic E-state index is -3.66. The van der Waals surface area contributed by atoms with Gasteiger partial charge in [0.15, 0.2) is 11.5 Å². The molecule has 174 valence electrons. The molecular weight excluding hydrogens is 432 g/mol. The fourth-order valence-corrected chi connectivity index (χ4v) is 5.66. The van der Waals surface area contributed by atoms with Crippen molar-refractivity contribution in [3.63, 3.8) is 0 Å². The molecule has 0 aliphatic carbocycles. The number of piperazine rings is 1. The average molecular weight is 463 g/mol. The molecule has 32 heavy (non-hydrogen) atoms. The third-order valence-corrected chi connectivity index (χ3v) is 7.74. The lowest BCUT2D eigenvalue weighted by Crippen LogP contribution is -2.50. The number of hydrogen-bond acceptors (Lipinski definition) is 6. The van der Waals surface area contributed by atoms with Crippen molar-refractivity contribution in [3.8, 4) is 11.5 Å². The van der Waals surface area contributed by atoms with Crippen molar-refractivity contribution >= 4 is 22.0 Å². The molecule has 0 spiro atoms. The standard InChI is InChI=1S/C22H30N4O5S/c1-6-26-17(3)22(16(2)23-26)32(28,29)25-13-11-24(12-14-25)21(27)10-8-18-7-9-19(30-4)20(15-18)31-5/h7-10,15H,6,11-14H2,1-5H3/b10-8+. The fourth-order valence-electron chi connectivity index (χ4n) is 3.87. The maximum atomic E-state index is 13.2. The number of sulfonamides is 1. The van der Waals surface area contributed by atoms with E-state index in [1.165, 1.54) is 10.4 Å². The Hall–Kier alpha value is -2.85. The lowest BCUT2D eigenvalue weighted by Gasteiger charge is -2.33. The largest absolute Gasteiger partial charge is 0.493 e. The first-order valence-electron chi connectivity index (χ1n) is 10.5. The van der Waals surface area contributed by atoms with Gasteiger partial charge in [0.25, 0.3) is 0 Å². The molecule has 0 N–H and O–H groups in total. The van der Waals surface area contributed by atoms with Gasteiger partial charge in [-0.2, -0.15) is 9.40 Å². The number of amides is 1. The minimum Gasteiger partial charge on any atom is -0.493 e. The summed E-state index contributed by atoms with van der Waals surface area (Å²) in [4.78, 5) is 14.5. The van der Waals surface area contributed by atoms with E-state index < -0.39 is 10.0 Å². The number of hydrogen-bond donors (Lipinski definition) is 0. The Kier molecular flexibility index (Phi) is 7.25. The van der Waals surface area contributed by atoms with Gasteiger partial charge in [-0.05, 0) is 44.5 Å². The number of benzene rings is 1. The lowest BCUT2D eigenvalue weighted by molar-refractivity contribution is -0.127. The Bertz CT molecular complexity index is 1120. The van der Waals surface area contributed by atoms with E-state index in [0.717, 1.165) is 5.56 Å². The van der Waals surface area contributed by atoms with Gasteiger partial charge in [0.2, 0.25) is 15.9 Å². The number of carbonyl (C=O) groups excluding carboxylic acids is 1. The number of aryl methyl sites for hydroxylation is 2. The maximum absolute atomic E-state index is 13.2. The molecule has 1 aromatic heterocycles. The van der Waals surface area contributed by atoms with E-state index in [9.17, 15) is 13.2 Å². The monoisotopic (exact) mass is 462 g/mol. The van der Waals surface area contributed by atoms with Crippen LogP contribution in [-0.4, -0.2) is 73.7 Å². The van der Waals surface area contributed by atoms with Crippen molar-refractivity contribution in [2.75, 3.05) is 40.4 Å². The number of methoxy groups -OCH3 is 2. The Morgan fingerprint density at radius 2 is 1.75 bits per heavy atom. The van der Waals surface area contributed by atoms with Gasteiger partial charge in [0, 0.05) is 38.8 Å². The van der Waals surface area contributed by atoms with Gasteiger partial charge in [-0.1, -0.05) is 6.07 Å². The molecule has 3 rings (SSSR count). The predicted octanol–water partition coefficient (Wildman–Crippen LogP) is 2.08. The van der Waals surface area contributed by atoms with Gasteiger partial charge in [0.05, 0.1) is 25.6 Å². The third kappa shape index (κ3) is 4.66. The van der Waals surface area contributed by atoms with Crippen LogP contribution >= 0.6 is 0 Å². The van der Waals surface area contributed by atoms with Crippen molar-refractivity contribution in [2.45, 2.75) is 32.2 Å². The van der Waals surface area contributed by atoms with E-state index in [2.05, 4.69) is 5.10 Å². The predicted molar refractivity (Wildman–Crippen MR) is 121 cm³/mol. The molecule has 0 unspecified atom stereocenters.